The van der Waals surface area contributed by atoms with Gasteiger partial charge < -0.3 is 4.42 Å². The number of furan rings is 1. The molecule has 0 N–H and O–H groups in total. The Morgan fingerprint density at radius 1 is 1.25 bits per heavy atom. The van der Waals surface area contributed by atoms with Crippen LogP contribution >= 0.6 is 0 Å². The summed E-state index contributed by atoms with van der Waals surface area (Å²) < 4.78 is 6.78. The number of fused-ring (bicyclic) bond motifs is 1. The van der Waals surface area contributed by atoms with Crippen LogP contribution in [0.4, 0.5) is 5.88 Å². The van der Waals surface area contributed by atoms with Crippen LogP contribution in [-0.4, -0.2) is 14.7 Å². The fourth-order valence-corrected chi connectivity index (χ4v) is 3.02. The molecule has 1 aliphatic rings. The van der Waals surface area contributed by atoms with Crippen molar-refractivity contribution in [2.75, 3.05) is 0 Å². The van der Waals surface area contributed by atoms with Gasteiger partial charge in [0.1, 0.15) is 22.2 Å². The molecule has 0 bridgehead atoms. The van der Waals surface area contributed by atoms with E-state index < -0.39 is 4.92 Å². The summed E-state index contributed by atoms with van der Waals surface area (Å²) in [5, 5.41) is 24.5. The second kappa shape index (κ2) is 5.35. The number of nitriles is 1. The molecule has 7 heteroatoms. The van der Waals surface area contributed by atoms with Gasteiger partial charge >= 0.3 is 5.88 Å². The fourth-order valence-electron chi connectivity index (χ4n) is 3.02. The monoisotopic (exact) mass is 320 g/mol. The molecule has 4 rings (SSSR count). The molecule has 0 spiro atoms. The maximum Gasteiger partial charge on any atom is 0.433 e. The van der Waals surface area contributed by atoms with Crippen LogP contribution in [0.3, 0.4) is 0 Å². The summed E-state index contributed by atoms with van der Waals surface area (Å²) in [7, 11) is 0. The van der Waals surface area contributed by atoms with Crippen molar-refractivity contribution in [3.05, 3.63) is 63.3 Å². The lowest BCUT2D eigenvalue weighted by Gasteiger charge is -2.04. The first kappa shape index (κ1) is 14.2. The molecule has 1 aliphatic carbocycles. The quantitative estimate of drug-likeness (QED) is 0.544. The van der Waals surface area contributed by atoms with E-state index in [4.69, 9.17) is 4.42 Å². The number of aromatic nitrogens is 2. The van der Waals surface area contributed by atoms with Crippen LogP contribution in [0.5, 0.6) is 0 Å². The molecule has 118 valence electrons. The van der Waals surface area contributed by atoms with Crippen LogP contribution in [0.15, 0.2) is 40.9 Å². The Morgan fingerprint density at radius 3 is 2.83 bits per heavy atom. The number of hydrogen-bond acceptors (Lipinski definition) is 5. The van der Waals surface area contributed by atoms with E-state index >= 15 is 0 Å². The SMILES string of the molecule is N#Cc1cn(-c2ccc3c(c2)CCC3)nc1-c1ccc([N+](=O)[O-])o1. The topological polar surface area (TPSA) is 97.9 Å². The van der Waals surface area contributed by atoms with E-state index in [2.05, 4.69) is 23.3 Å². The Labute approximate surface area is 136 Å². The molecular weight excluding hydrogens is 308 g/mol. The molecule has 0 atom stereocenters. The van der Waals surface area contributed by atoms with Crippen molar-refractivity contribution in [1.82, 2.24) is 9.78 Å². The number of aryl methyl sites for hydroxylation is 2. The number of rotatable bonds is 3. The molecule has 1 aromatic carbocycles. The second-order valence-corrected chi connectivity index (χ2v) is 5.65. The van der Waals surface area contributed by atoms with Gasteiger partial charge in [0.05, 0.1) is 11.8 Å². The second-order valence-electron chi connectivity index (χ2n) is 5.65. The Morgan fingerprint density at radius 2 is 2.08 bits per heavy atom. The van der Waals surface area contributed by atoms with Crippen LogP contribution in [-0.2, 0) is 12.8 Å². The van der Waals surface area contributed by atoms with Crippen LogP contribution in [0.1, 0.15) is 23.1 Å². The molecule has 2 heterocycles. The van der Waals surface area contributed by atoms with Crippen molar-refractivity contribution in [3.8, 4) is 23.2 Å². The lowest BCUT2D eigenvalue weighted by atomic mass is 10.1. The molecule has 3 aromatic rings. The van der Waals surface area contributed by atoms with Crippen molar-refractivity contribution in [3.63, 3.8) is 0 Å². The highest BCUT2D eigenvalue weighted by Gasteiger charge is 2.20. The molecule has 7 nitrogen and oxygen atoms in total. The zero-order valence-corrected chi connectivity index (χ0v) is 12.6. The maximum atomic E-state index is 10.8. The minimum atomic E-state index is -0.618. The first-order valence-electron chi connectivity index (χ1n) is 7.52. The fraction of sp³-hybridized carbons (Fsp3) is 0.176. The normalized spacial score (nSPS) is 12.8. The van der Waals surface area contributed by atoms with Crippen molar-refractivity contribution >= 4 is 5.88 Å². The smallest absolute Gasteiger partial charge is 0.399 e. The maximum absolute atomic E-state index is 10.8. The van der Waals surface area contributed by atoms with Gasteiger partial charge in [-0.15, -0.1) is 0 Å². The highest BCUT2D eigenvalue weighted by molar-refractivity contribution is 5.62. The molecule has 0 radical (unpaired) electrons. The Balaban J connectivity index is 1.77. The molecule has 0 saturated heterocycles. The number of hydrogen-bond donors (Lipinski definition) is 0. The average molecular weight is 320 g/mol. The van der Waals surface area contributed by atoms with Gasteiger partial charge in [0.15, 0.2) is 5.76 Å². The van der Waals surface area contributed by atoms with Crippen LogP contribution in [0.2, 0.25) is 0 Å². The zero-order chi connectivity index (χ0) is 16.7. The summed E-state index contributed by atoms with van der Waals surface area (Å²) in [6.07, 6.45) is 4.91. The molecule has 0 amide bonds. The Hall–Kier alpha value is -3.40. The van der Waals surface area contributed by atoms with E-state index in [1.165, 1.54) is 23.3 Å². The van der Waals surface area contributed by atoms with E-state index in [0.29, 0.717) is 11.3 Å². The van der Waals surface area contributed by atoms with Gasteiger partial charge in [-0.1, -0.05) is 6.07 Å². The number of nitro groups is 1. The van der Waals surface area contributed by atoms with Crippen LogP contribution in [0.25, 0.3) is 17.1 Å². The van der Waals surface area contributed by atoms with Gasteiger partial charge in [0.25, 0.3) is 0 Å². The standard InChI is InChI=1S/C17H12N4O3/c18-9-13-10-20(14-5-4-11-2-1-3-12(11)8-14)19-17(13)15-6-7-16(24-15)21(22)23/h4-8,10H,1-3H2. The van der Waals surface area contributed by atoms with E-state index in [1.807, 2.05) is 6.07 Å². The summed E-state index contributed by atoms with van der Waals surface area (Å²) >= 11 is 0. The number of nitrogens with zero attached hydrogens (tertiary/aromatic N) is 4. The third-order valence-electron chi connectivity index (χ3n) is 4.19. The van der Waals surface area contributed by atoms with Gasteiger partial charge in [-0.3, -0.25) is 10.1 Å². The summed E-state index contributed by atoms with van der Waals surface area (Å²) in [6, 6.07) is 10.9. The largest absolute Gasteiger partial charge is 0.433 e. The van der Waals surface area contributed by atoms with Crippen molar-refractivity contribution < 1.29 is 9.34 Å². The van der Waals surface area contributed by atoms with Gasteiger partial charge in [0.2, 0.25) is 0 Å². The predicted molar refractivity (Wildman–Crippen MR) is 84.7 cm³/mol. The highest BCUT2D eigenvalue weighted by atomic mass is 16.6. The van der Waals surface area contributed by atoms with E-state index in [-0.39, 0.29) is 11.6 Å². The summed E-state index contributed by atoms with van der Waals surface area (Å²) in [4.78, 5) is 10.1. The molecule has 24 heavy (non-hydrogen) atoms. The third-order valence-corrected chi connectivity index (χ3v) is 4.19. The molecule has 0 fully saturated rings. The van der Waals surface area contributed by atoms with E-state index in [9.17, 15) is 15.4 Å². The lowest BCUT2D eigenvalue weighted by molar-refractivity contribution is -0.401. The van der Waals surface area contributed by atoms with Gasteiger partial charge in [-0.2, -0.15) is 10.4 Å². The summed E-state index contributed by atoms with van der Waals surface area (Å²) in [5.41, 5.74) is 4.12. The summed E-state index contributed by atoms with van der Waals surface area (Å²) in [5.74, 6) is -0.167. The average Bonchev–Trinajstić information content (AvgIpc) is 3.31. The number of benzene rings is 1. The first-order chi connectivity index (χ1) is 11.7. The van der Waals surface area contributed by atoms with Crippen molar-refractivity contribution in [2.45, 2.75) is 19.3 Å². The lowest BCUT2D eigenvalue weighted by Crippen LogP contribution is -1.96. The Bertz CT molecular complexity index is 994. The van der Waals surface area contributed by atoms with Crippen LogP contribution < -0.4 is 0 Å². The predicted octanol–water partition coefficient (Wildman–Crippen LogP) is 3.40. The molecule has 0 unspecified atom stereocenters. The third kappa shape index (κ3) is 2.25. The van der Waals surface area contributed by atoms with Crippen molar-refractivity contribution in [1.29, 1.82) is 5.26 Å². The van der Waals surface area contributed by atoms with E-state index in [0.717, 1.165) is 24.9 Å². The minimum Gasteiger partial charge on any atom is -0.399 e. The zero-order valence-electron chi connectivity index (χ0n) is 12.6. The van der Waals surface area contributed by atoms with Gasteiger partial charge in [-0.25, -0.2) is 4.68 Å². The molecule has 2 aromatic heterocycles. The minimum absolute atomic E-state index is 0.207. The first-order valence-corrected chi connectivity index (χ1v) is 7.52. The molecule has 0 aliphatic heterocycles. The summed E-state index contributed by atoms with van der Waals surface area (Å²) in [6.45, 7) is 0. The van der Waals surface area contributed by atoms with Gasteiger partial charge in [-0.05, 0) is 48.6 Å². The van der Waals surface area contributed by atoms with Crippen LogP contribution in [0, 0.1) is 21.4 Å². The Kier molecular flexibility index (Phi) is 3.17. The van der Waals surface area contributed by atoms with Crippen molar-refractivity contribution in [2.24, 2.45) is 0 Å². The molecule has 0 saturated carbocycles. The molecular formula is C17H12N4O3. The van der Waals surface area contributed by atoms with E-state index in [1.54, 1.807) is 10.9 Å². The van der Waals surface area contributed by atoms with Gasteiger partial charge in [0, 0.05) is 6.20 Å². The highest BCUT2D eigenvalue weighted by Crippen LogP contribution is 2.29.